The van der Waals surface area contributed by atoms with E-state index in [0.717, 1.165) is 23.4 Å². The van der Waals surface area contributed by atoms with Crippen molar-refractivity contribution in [2.24, 2.45) is 0 Å². The number of hydrogen-bond donors (Lipinski definition) is 1. The molecule has 0 spiro atoms. The number of hydrogen-bond acceptors (Lipinski definition) is 3. The maximum atomic E-state index is 8.32. The Morgan fingerprint density at radius 2 is 2.29 bits per heavy atom. The Hall–Kier alpha value is -1.69. The van der Waals surface area contributed by atoms with Crippen LogP contribution in [0.2, 0.25) is 0 Å². The minimum Gasteiger partial charge on any atom is -0.494 e. The Morgan fingerprint density at radius 3 is 2.93 bits per heavy atom. The molecule has 3 heteroatoms. The van der Waals surface area contributed by atoms with E-state index in [9.17, 15) is 0 Å². The van der Waals surface area contributed by atoms with Crippen molar-refractivity contribution in [3.05, 3.63) is 23.8 Å². The fraction of sp³-hybridized carbons (Fsp3) is 0.364. The maximum Gasteiger partial charge on any atom is 0.119 e. The van der Waals surface area contributed by atoms with Crippen molar-refractivity contribution in [3.63, 3.8) is 0 Å². The third-order valence-electron chi connectivity index (χ3n) is 1.94. The molecule has 1 aromatic rings. The second kappa shape index (κ2) is 5.13. The summed E-state index contributed by atoms with van der Waals surface area (Å²) in [7, 11) is 0. The molecule has 74 valence electrons. The van der Waals surface area contributed by atoms with Crippen molar-refractivity contribution in [1.82, 2.24) is 0 Å². The molecule has 0 aliphatic rings. The van der Waals surface area contributed by atoms with Crippen LogP contribution in [-0.4, -0.2) is 6.61 Å². The summed E-state index contributed by atoms with van der Waals surface area (Å²) in [6, 6.07) is 7.65. The first-order valence-electron chi connectivity index (χ1n) is 4.60. The molecule has 1 rings (SSSR count). The van der Waals surface area contributed by atoms with E-state index in [-0.39, 0.29) is 0 Å². The van der Waals surface area contributed by atoms with Gasteiger partial charge in [-0.2, -0.15) is 5.26 Å². The molecular weight excluding hydrogens is 176 g/mol. The highest BCUT2D eigenvalue weighted by Crippen LogP contribution is 2.18. The second-order valence-corrected chi connectivity index (χ2v) is 3.13. The van der Waals surface area contributed by atoms with E-state index < -0.39 is 0 Å². The molecule has 0 radical (unpaired) electrons. The molecule has 0 atom stereocenters. The SMILES string of the molecule is Cc1cc(OCCCC#N)ccc1N. The van der Waals surface area contributed by atoms with Crippen molar-refractivity contribution in [3.8, 4) is 11.8 Å². The van der Waals surface area contributed by atoms with Gasteiger partial charge in [0.25, 0.3) is 0 Å². The zero-order valence-electron chi connectivity index (χ0n) is 8.29. The average molecular weight is 190 g/mol. The number of anilines is 1. The summed E-state index contributed by atoms with van der Waals surface area (Å²) in [6.45, 7) is 2.52. The van der Waals surface area contributed by atoms with Gasteiger partial charge in [0.05, 0.1) is 12.7 Å². The van der Waals surface area contributed by atoms with Crippen LogP contribution in [-0.2, 0) is 0 Å². The van der Waals surface area contributed by atoms with Crippen molar-refractivity contribution >= 4 is 5.69 Å². The first kappa shape index (κ1) is 10.4. The first-order chi connectivity index (χ1) is 6.74. The molecule has 0 bridgehead atoms. The van der Waals surface area contributed by atoms with E-state index in [2.05, 4.69) is 6.07 Å². The molecule has 0 unspecified atom stereocenters. The second-order valence-electron chi connectivity index (χ2n) is 3.13. The van der Waals surface area contributed by atoms with Gasteiger partial charge < -0.3 is 10.5 Å². The summed E-state index contributed by atoms with van der Waals surface area (Å²) in [5, 5.41) is 8.32. The molecular formula is C11H14N2O. The molecule has 0 aromatic heterocycles. The minimum absolute atomic E-state index is 0.536. The lowest BCUT2D eigenvalue weighted by Gasteiger charge is -2.06. The number of ether oxygens (including phenoxy) is 1. The zero-order valence-corrected chi connectivity index (χ0v) is 8.29. The van der Waals surface area contributed by atoms with Crippen LogP contribution in [0.3, 0.4) is 0 Å². The maximum absolute atomic E-state index is 8.32. The van der Waals surface area contributed by atoms with Crippen LogP contribution >= 0.6 is 0 Å². The minimum atomic E-state index is 0.536. The highest BCUT2D eigenvalue weighted by molar-refractivity contribution is 5.49. The van der Waals surface area contributed by atoms with Crippen LogP contribution < -0.4 is 10.5 Å². The lowest BCUT2D eigenvalue weighted by Crippen LogP contribution is -1.98. The molecule has 0 heterocycles. The van der Waals surface area contributed by atoms with Crippen molar-refractivity contribution in [1.29, 1.82) is 5.26 Å². The average Bonchev–Trinajstić information content (AvgIpc) is 2.18. The number of nitrogens with zero attached hydrogens (tertiary/aromatic N) is 1. The molecule has 0 aliphatic carbocycles. The lowest BCUT2D eigenvalue weighted by molar-refractivity contribution is 0.312. The van der Waals surface area contributed by atoms with Gasteiger partial charge in [-0.05, 0) is 37.1 Å². The molecule has 14 heavy (non-hydrogen) atoms. The first-order valence-corrected chi connectivity index (χ1v) is 4.60. The van der Waals surface area contributed by atoms with E-state index in [1.807, 2.05) is 25.1 Å². The topological polar surface area (TPSA) is 59.0 Å². The molecule has 0 fully saturated rings. The largest absolute Gasteiger partial charge is 0.494 e. The van der Waals surface area contributed by atoms with Crippen molar-refractivity contribution in [2.45, 2.75) is 19.8 Å². The zero-order chi connectivity index (χ0) is 10.4. The Morgan fingerprint density at radius 1 is 1.50 bits per heavy atom. The highest BCUT2D eigenvalue weighted by Gasteiger charge is 1.97. The Balaban J connectivity index is 2.44. The van der Waals surface area contributed by atoms with Gasteiger partial charge in [0, 0.05) is 12.1 Å². The normalized spacial score (nSPS) is 9.43. The van der Waals surface area contributed by atoms with Crippen molar-refractivity contribution < 1.29 is 4.74 Å². The van der Waals surface area contributed by atoms with Crippen LogP contribution in [0.5, 0.6) is 5.75 Å². The van der Waals surface area contributed by atoms with Gasteiger partial charge in [0.15, 0.2) is 0 Å². The Bertz CT molecular complexity index is 342. The summed E-state index contributed by atoms with van der Waals surface area (Å²) < 4.78 is 5.44. The standard InChI is InChI=1S/C11H14N2O/c1-9-8-10(4-5-11(9)13)14-7-3-2-6-12/h4-5,8H,2-3,7,13H2,1H3. The summed E-state index contributed by atoms with van der Waals surface area (Å²) in [4.78, 5) is 0. The van der Waals surface area contributed by atoms with E-state index in [4.69, 9.17) is 15.7 Å². The number of benzene rings is 1. The van der Waals surface area contributed by atoms with E-state index in [1.165, 1.54) is 0 Å². The molecule has 0 saturated heterocycles. The predicted octanol–water partition coefficient (Wildman–Crippen LogP) is 2.26. The molecule has 1 aromatic carbocycles. The number of nitrogen functional groups attached to an aromatic ring is 1. The number of nitrogens with two attached hydrogens (primary N) is 1. The third-order valence-corrected chi connectivity index (χ3v) is 1.94. The van der Waals surface area contributed by atoms with Crippen LogP contribution in [0.25, 0.3) is 0 Å². The quantitative estimate of drug-likeness (QED) is 0.585. The van der Waals surface area contributed by atoms with Crippen molar-refractivity contribution in [2.75, 3.05) is 12.3 Å². The fourth-order valence-electron chi connectivity index (χ4n) is 1.08. The number of unbranched alkanes of at least 4 members (excludes halogenated alkanes) is 1. The van der Waals surface area contributed by atoms with Gasteiger partial charge in [0.1, 0.15) is 5.75 Å². The Labute approximate surface area is 84.1 Å². The van der Waals surface area contributed by atoms with Crippen LogP contribution in [0.15, 0.2) is 18.2 Å². The molecule has 2 N–H and O–H groups in total. The molecule has 0 aliphatic heterocycles. The third kappa shape index (κ3) is 2.98. The van der Waals surface area contributed by atoms with Gasteiger partial charge in [-0.25, -0.2) is 0 Å². The van der Waals surface area contributed by atoms with Crippen LogP contribution in [0, 0.1) is 18.3 Å². The van der Waals surface area contributed by atoms with Gasteiger partial charge in [-0.3, -0.25) is 0 Å². The van der Waals surface area contributed by atoms with Crippen LogP contribution in [0.4, 0.5) is 5.69 Å². The smallest absolute Gasteiger partial charge is 0.119 e. The van der Waals surface area contributed by atoms with E-state index in [1.54, 1.807) is 0 Å². The summed E-state index contributed by atoms with van der Waals surface area (Å²) in [5.41, 5.74) is 7.46. The van der Waals surface area contributed by atoms with E-state index >= 15 is 0 Å². The number of aryl methyl sites for hydroxylation is 1. The monoisotopic (exact) mass is 190 g/mol. The number of nitriles is 1. The fourth-order valence-corrected chi connectivity index (χ4v) is 1.08. The molecule has 0 amide bonds. The van der Waals surface area contributed by atoms with Gasteiger partial charge in [-0.15, -0.1) is 0 Å². The van der Waals surface area contributed by atoms with Gasteiger partial charge in [-0.1, -0.05) is 0 Å². The summed E-state index contributed by atoms with van der Waals surface area (Å²) in [5.74, 6) is 0.814. The van der Waals surface area contributed by atoms with Gasteiger partial charge in [0.2, 0.25) is 0 Å². The summed E-state index contributed by atoms with van der Waals surface area (Å²) >= 11 is 0. The molecule has 0 saturated carbocycles. The lowest BCUT2D eigenvalue weighted by atomic mass is 10.2. The molecule has 3 nitrogen and oxygen atoms in total. The predicted molar refractivity (Wildman–Crippen MR) is 55.9 cm³/mol. The Kier molecular flexibility index (Phi) is 3.81. The van der Waals surface area contributed by atoms with E-state index in [0.29, 0.717) is 13.0 Å². The highest BCUT2D eigenvalue weighted by atomic mass is 16.5. The van der Waals surface area contributed by atoms with Crippen LogP contribution in [0.1, 0.15) is 18.4 Å². The summed E-state index contributed by atoms with van der Waals surface area (Å²) in [6.07, 6.45) is 1.30. The van der Waals surface area contributed by atoms with Gasteiger partial charge >= 0.3 is 0 Å². The number of rotatable bonds is 4.